The Kier molecular flexibility index (Phi) is 4.80. The van der Waals surface area contributed by atoms with Gasteiger partial charge < -0.3 is 10.2 Å². The molecule has 0 atom stereocenters. The highest BCUT2D eigenvalue weighted by Gasteiger charge is 2.31. The molecule has 5 heteroatoms. The van der Waals surface area contributed by atoms with Crippen LogP contribution in [0.2, 0.25) is 0 Å². The Morgan fingerprint density at radius 2 is 2.10 bits per heavy atom. The number of pyridine rings is 1. The summed E-state index contributed by atoms with van der Waals surface area (Å²) >= 11 is 0. The van der Waals surface area contributed by atoms with Crippen LogP contribution in [0.1, 0.15) is 50.4 Å². The fourth-order valence-electron chi connectivity index (χ4n) is 2.67. The van der Waals surface area contributed by atoms with Crippen molar-refractivity contribution >= 4 is 11.7 Å². The van der Waals surface area contributed by atoms with E-state index in [0.717, 1.165) is 19.3 Å². The van der Waals surface area contributed by atoms with Crippen LogP contribution in [0.3, 0.4) is 0 Å². The van der Waals surface area contributed by atoms with Crippen molar-refractivity contribution in [2.24, 2.45) is 5.41 Å². The fourth-order valence-corrected chi connectivity index (χ4v) is 2.67. The Morgan fingerprint density at radius 1 is 1.43 bits per heavy atom. The van der Waals surface area contributed by atoms with Crippen molar-refractivity contribution in [3.8, 4) is 0 Å². The van der Waals surface area contributed by atoms with Gasteiger partial charge in [0.05, 0.1) is 5.56 Å². The van der Waals surface area contributed by atoms with Crippen molar-refractivity contribution < 1.29 is 9.18 Å². The van der Waals surface area contributed by atoms with E-state index in [-0.39, 0.29) is 17.3 Å². The summed E-state index contributed by atoms with van der Waals surface area (Å²) in [5.41, 5.74) is 0.420. The second-order valence-corrected chi connectivity index (χ2v) is 6.01. The predicted molar refractivity (Wildman–Crippen MR) is 81.9 cm³/mol. The molecule has 0 unspecified atom stereocenters. The van der Waals surface area contributed by atoms with E-state index >= 15 is 0 Å². The molecular formula is C16H24FN3O. The number of anilines is 1. The number of amides is 1. The summed E-state index contributed by atoms with van der Waals surface area (Å²) in [5, 5.41) is 2.84. The van der Waals surface area contributed by atoms with Crippen LogP contribution < -0.4 is 5.32 Å². The minimum atomic E-state index is -0.548. The Hall–Kier alpha value is -1.65. The van der Waals surface area contributed by atoms with Gasteiger partial charge in [0.2, 0.25) is 0 Å². The molecule has 1 aliphatic rings. The number of carbonyl (C=O) groups excluding carboxylic acids is 1. The molecule has 2 heterocycles. The average molecular weight is 293 g/mol. The third kappa shape index (κ3) is 3.34. The summed E-state index contributed by atoms with van der Waals surface area (Å²) < 4.78 is 14.3. The normalized spacial score (nSPS) is 17.6. The van der Waals surface area contributed by atoms with E-state index in [9.17, 15) is 9.18 Å². The first kappa shape index (κ1) is 15.7. The zero-order valence-electron chi connectivity index (χ0n) is 13.1. The van der Waals surface area contributed by atoms with E-state index in [1.807, 2.05) is 6.92 Å². The molecule has 1 aromatic rings. The summed E-state index contributed by atoms with van der Waals surface area (Å²) in [5.74, 6) is -0.626. The van der Waals surface area contributed by atoms with Crippen molar-refractivity contribution in [3.63, 3.8) is 0 Å². The van der Waals surface area contributed by atoms with E-state index in [1.165, 1.54) is 12.3 Å². The number of nitrogens with zero attached hydrogens (tertiary/aromatic N) is 2. The fraction of sp³-hybridized carbons (Fsp3) is 0.625. The van der Waals surface area contributed by atoms with E-state index in [1.54, 1.807) is 4.90 Å². The monoisotopic (exact) mass is 293 g/mol. The molecule has 0 aliphatic carbocycles. The van der Waals surface area contributed by atoms with Crippen LogP contribution in [0.15, 0.2) is 12.3 Å². The largest absolute Gasteiger partial charge is 0.368 e. The summed E-state index contributed by atoms with van der Waals surface area (Å²) in [6.07, 6.45) is 4.54. The lowest BCUT2D eigenvalue weighted by atomic mass is 9.78. The summed E-state index contributed by atoms with van der Waals surface area (Å²) in [6.45, 7) is 8.27. The molecule has 1 aliphatic heterocycles. The molecule has 116 valence electrons. The SMILES string of the molecule is CCNc1nccc(C(=O)N2CCC(C)(CC)CC2)c1F. The first-order chi connectivity index (χ1) is 10.0. The highest BCUT2D eigenvalue weighted by atomic mass is 19.1. The number of nitrogens with one attached hydrogen (secondary N) is 1. The number of hydrogen-bond acceptors (Lipinski definition) is 3. The van der Waals surface area contributed by atoms with Gasteiger partial charge in [-0.25, -0.2) is 9.37 Å². The van der Waals surface area contributed by atoms with Crippen molar-refractivity contribution in [3.05, 3.63) is 23.6 Å². The van der Waals surface area contributed by atoms with Crippen LogP contribution in [-0.2, 0) is 0 Å². The number of piperidine rings is 1. The van der Waals surface area contributed by atoms with Gasteiger partial charge in [0, 0.05) is 25.8 Å². The van der Waals surface area contributed by atoms with Crippen LogP contribution >= 0.6 is 0 Å². The maximum atomic E-state index is 14.3. The predicted octanol–water partition coefficient (Wildman–Crippen LogP) is 3.30. The molecule has 1 fully saturated rings. The molecule has 0 spiro atoms. The molecule has 0 bridgehead atoms. The van der Waals surface area contributed by atoms with Gasteiger partial charge in [-0.1, -0.05) is 20.3 Å². The first-order valence-corrected chi connectivity index (χ1v) is 7.68. The first-order valence-electron chi connectivity index (χ1n) is 7.68. The molecule has 0 aromatic carbocycles. The molecule has 1 N–H and O–H groups in total. The van der Waals surface area contributed by atoms with Gasteiger partial charge in [0.25, 0.3) is 5.91 Å². The summed E-state index contributed by atoms with van der Waals surface area (Å²) in [6, 6.07) is 1.46. The number of rotatable bonds is 4. The second-order valence-electron chi connectivity index (χ2n) is 6.01. The lowest BCUT2D eigenvalue weighted by Gasteiger charge is -2.39. The Labute approximate surface area is 125 Å². The Morgan fingerprint density at radius 3 is 2.67 bits per heavy atom. The highest BCUT2D eigenvalue weighted by Crippen LogP contribution is 2.34. The lowest BCUT2D eigenvalue weighted by Crippen LogP contribution is -2.42. The van der Waals surface area contributed by atoms with Crippen molar-refractivity contribution in [2.45, 2.75) is 40.0 Å². The smallest absolute Gasteiger partial charge is 0.257 e. The van der Waals surface area contributed by atoms with Crippen LogP contribution in [-0.4, -0.2) is 35.4 Å². The van der Waals surface area contributed by atoms with Crippen LogP contribution in [0, 0.1) is 11.2 Å². The molecular weight excluding hydrogens is 269 g/mol. The van der Waals surface area contributed by atoms with Crippen LogP contribution in [0.25, 0.3) is 0 Å². The quantitative estimate of drug-likeness (QED) is 0.926. The topological polar surface area (TPSA) is 45.2 Å². The van der Waals surface area contributed by atoms with E-state index in [2.05, 4.69) is 24.1 Å². The number of carbonyl (C=O) groups is 1. The lowest BCUT2D eigenvalue weighted by molar-refractivity contribution is 0.0596. The van der Waals surface area contributed by atoms with E-state index in [0.29, 0.717) is 25.0 Å². The zero-order valence-corrected chi connectivity index (χ0v) is 13.1. The van der Waals surface area contributed by atoms with Crippen LogP contribution in [0.5, 0.6) is 0 Å². The molecule has 0 radical (unpaired) electrons. The van der Waals surface area contributed by atoms with Gasteiger partial charge in [-0.3, -0.25) is 4.79 Å². The standard InChI is InChI=1S/C16H24FN3O/c1-4-16(3)7-10-20(11-8-16)15(21)12-6-9-19-14(13(12)17)18-5-2/h6,9H,4-5,7-8,10-11H2,1-3H3,(H,18,19). The van der Waals surface area contributed by atoms with Gasteiger partial charge in [-0.2, -0.15) is 0 Å². The number of likely N-dealkylation sites (tertiary alicyclic amines) is 1. The number of hydrogen-bond donors (Lipinski definition) is 1. The maximum absolute atomic E-state index is 14.3. The molecule has 21 heavy (non-hydrogen) atoms. The second kappa shape index (κ2) is 6.41. The van der Waals surface area contributed by atoms with Gasteiger partial charge >= 0.3 is 0 Å². The zero-order chi connectivity index (χ0) is 15.5. The van der Waals surface area contributed by atoms with Gasteiger partial charge in [0.1, 0.15) is 0 Å². The van der Waals surface area contributed by atoms with Crippen molar-refractivity contribution in [2.75, 3.05) is 25.0 Å². The number of halogens is 1. The minimum Gasteiger partial charge on any atom is -0.368 e. The average Bonchev–Trinajstić information content (AvgIpc) is 2.50. The molecule has 1 saturated heterocycles. The molecule has 4 nitrogen and oxygen atoms in total. The molecule has 1 aromatic heterocycles. The van der Waals surface area contributed by atoms with Gasteiger partial charge in [0.15, 0.2) is 11.6 Å². The molecule has 2 rings (SSSR count). The third-order valence-electron chi connectivity index (χ3n) is 4.58. The molecule has 1 amide bonds. The Bertz CT molecular complexity index is 510. The maximum Gasteiger partial charge on any atom is 0.257 e. The minimum absolute atomic E-state index is 0.112. The van der Waals surface area contributed by atoms with Crippen LogP contribution in [0.4, 0.5) is 10.2 Å². The summed E-state index contributed by atoms with van der Waals surface area (Å²) in [4.78, 5) is 18.2. The highest BCUT2D eigenvalue weighted by molar-refractivity contribution is 5.95. The van der Waals surface area contributed by atoms with Crippen molar-refractivity contribution in [1.82, 2.24) is 9.88 Å². The van der Waals surface area contributed by atoms with E-state index < -0.39 is 5.82 Å². The molecule has 0 saturated carbocycles. The third-order valence-corrected chi connectivity index (χ3v) is 4.58. The Balaban J connectivity index is 2.13. The summed E-state index contributed by atoms with van der Waals surface area (Å²) in [7, 11) is 0. The van der Waals surface area contributed by atoms with E-state index in [4.69, 9.17) is 0 Å². The van der Waals surface area contributed by atoms with Gasteiger partial charge in [-0.05, 0) is 31.2 Å². The number of aromatic nitrogens is 1. The van der Waals surface area contributed by atoms with Gasteiger partial charge in [-0.15, -0.1) is 0 Å². The van der Waals surface area contributed by atoms with Crippen molar-refractivity contribution in [1.29, 1.82) is 0 Å².